The highest BCUT2D eigenvalue weighted by atomic mass is 32.1. The highest BCUT2D eigenvalue weighted by Gasteiger charge is 2.23. The lowest BCUT2D eigenvalue weighted by molar-refractivity contribution is -0.120. The number of hydrogen-bond acceptors (Lipinski definition) is 7. The number of hydrogen-bond donors (Lipinski definition) is 0. The molecule has 0 saturated carbocycles. The fraction of sp³-hybridized carbons (Fsp3) is 0.174. The van der Waals surface area contributed by atoms with Crippen LogP contribution in [0.25, 0.3) is 10.2 Å². The van der Waals surface area contributed by atoms with Crippen molar-refractivity contribution < 1.29 is 19.0 Å². The van der Waals surface area contributed by atoms with E-state index >= 15 is 0 Å². The third-order valence-electron chi connectivity index (χ3n) is 4.74. The summed E-state index contributed by atoms with van der Waals surface area (Å²) in [6.45, 7) is 1.28. The van der Waals surface area contributed by atoms with Crippen LogP contribution < -0.4 is 19.1 Å². The molecule has 5 rings (SSSR count). The van der Waals surface area contributed by atoms with Gasteiger partial charge in [-0.25, -0.2) is 4.98 Å². The maximum Gasteiger partial charge on any atom is 0.267 e. The van der Waals surface area contributed by atoms with Crippen LogP contribution in [0, 0.1) is 0 Å². The predicted molar refractivity (Wildman–Crippen MR) is 118 cm³/mol. The second kappa shape index (κ2) is 8.61. The summed E-state index contributed by atoms with van der Waals surface area (Å²) in [6, 6.07) is 16.8. The maximum atomic E-state index is 13.2. The topological polar surface area (TPSA) is 73.8 Å². The summed E-state index contributed by atoms with van der Waals surface area (Å²) in [5, 5.41) is 0.586. The Morgan fingerprint density at radius 3 is 2.65 bits per heavy atom. The van der Waals surface area contributed by atoms with E-state index in [4.69, 9.17) is 19.2 Å². The molecule has 0 unspecified atom stereocenters. The summed E-state index contributed by atoms with van der Waals surface area (Å²) in [7, 11) is 0. The van der Waals surface area contributed by atoms with Crippen molar-refractivity contribution in [3.8, 4) is 17.2 Å². The summed E-state index contributed by atoms with van der Waals surface area (Å²) < 4.78 is 18.0. The Morgan fingerprint density at radius 2 is 1.87 bits per heavy atom. The molecule has 8 heteroatoms. The van der Waals surface area contributed by atoms with Gasteiger partial charge in [0.05, 0.1) is 16.8 Å². The number of benzene rings is 2. The SMILES string of the molecule is O=C(COc1ccccc1)N(Cc1cccnc1)c1nc2cc3c(cc2s1)OCCO3. The van der Waals surface area contributed by atoms with Gasteiger partial charge >= 0.3 is 0 Å². The van der Waals surface area contributed by atoms with Crippen molar-refractivity contribution in [3.05, 3.63) is 72.6 Å². The molecule has 2 aromatic heterocycles. The summed E-state index contributed by atoms with van der Waals surface area (Å²) in [5.74, 6) is 1.83. The van der Waals surface area contributed by atoms with Crippen LogP contribution in [0.15, 0.2) is 67.0 Å². The molecule has 1 aliphatic rings. The first-order chi connectivity index (χ1) is 15.3. The smallest absolute Gasteiger partial charge is 0.267 e. The van der Waals surface area contributed by atoms with Crippen LogP contribution in [0.2, 0.25) is 0 Å². The molecule has 156 valence electrons. The van der Waals surface area contributed by atoms with Gasteiger partial charge in [-0.05, 0) is 23.8 Å². The fourth-order valence-corrected chi connectivity index (χ4v) is 4.24. The molecule has 0 spiro atoms. The first kappa shape index (κ1) is 19.3. The first-order valence-electron chi connectivity index (χ1n) is 9.83. The molecule has 0 radical (unpaired) electrons. The van der Waals surface area contributed by atoms with E-state index < -0.39 is 0 Å². The summed E-state index contributed by atoms with van der Waals surface area (Å²) in [6.07, 6.45) is 3.45. The van der Waals surface area contributed by atoms with Crippen molar-refractivity contribution in [2.24, 2.45) is 0 Å². The molecule has 0 saturated heterocycles. The van der Waals surface area contributed by atoms with Crippen LogP contribution in [0.1, 0.15) is 5.56 Å². The van der Waals surface area contributed by atoms with E-state index in [0.29, 0.717) is 42.1 Å². The molecule has 31 heavy (non-hydrogen) atoms. The molecule has 3 heterocycles. The average Bonchev–Trinajstić information content (AvgIpc) is 3.23. The van der Waals surface area contributed by atoms with Crippen molar-refractivity contribution in [1.29, 1.82) is 0 Å². The number of anilines is 1. The van der Waals surface area contributed by atoms with Crippen LogP contribution in [-0.4, -0.2) is 35.7 Å². The lowest BCUT2D eigenvalue weighted by Gasteiger charge is -2.20. The van der Waals surface area contributed by atoms with Crippen molar-refractivity contribution >= 4 is 32.6 Å². The first-order valence-corrected chi connectivity index (χ1v) is 10.7. The molecule has 1 aliphatic heterocycles. The largest absolute Gasteiger partial charge is 0.486 e. The number of carbonyl (C=O) groups excluding carboxylic acids is 1. The van der Waals surface area contributed by atoms with Crippen LogP contribution in [0.5, 0.6) is 17.2 Å². The second-order valence-electron chi connectivity index (χ2n) is 6.90. The van der Waals surface area contributed by atoms with Gasteiger partial charge in [0.25, 0.3) is 5.91 Å². The molecular weight excluding hydrogens is 414 g/mol. The Labute approximate surface area is 182 Å². The van der Waals surface area contributed by atoms with Crippen molar-refractivity contribution in [2.75, 3.05) is 24.7 Å². The molecule has 0 aliphatic carbocycles. The fourth-order valence-electron chi connectivity index (χ4n) is 3.24. The number of thiazole rings is 1. The van der Waals surface area contributed by atoms with Crippen molar-refractivity contribution in [3.63, 3.8) is 0 Å². The molecule has 0 atom stereocenters. The van der Waals surface area contributed by atoms with Crippen LogP contribution in [0.4, 0.5) is 5.13 Å². The zero-order chi connectivity index (χ0) is 21.0. The predicted octanol–water partition coefficient (Wildman–Crippen LogP) is 4.07. The quantitative estimate of drug-likeness (QED) is 0.456. The third kappa shape index (κ3) is 4.29. The van der Waals surface area contributed by atoms with Gasteiger partial charge in [0.1, 0.15) is 19.0 Å². The zero-order valence-corrected chi connectivity index (χ0v) is 17.4. The lowest BCUT2D eigenvalue weighted by Crippen LogP contribution is -2.34. The van der Waals surface area contributed by atoms with Crippen LogP contribution >= 0.6 is 11.3 Å². The Morgan fingerprint density at radius 1 is 1.06 bits per heavy atom. The van der Waals surface area contributed by atoms with Gasteiger partial charge in [-0.1, -0.05) is 35.6 Å². The molecule has 4 aromatic rings. The van der Waals surface area contributed by atoms with E-state index in [1.807, 2.05) is 54.6 Å². The number of rotatable bonds is 6. The number of carbonyl (C=O) groups is 1. The normalized spacial score (nSPS) is 12.5. The lowest BCUT2D eigenvalue weighted by atomic mass is 10.2. The summed E-state index contributed by atoms with van der Waals surface area (Å²) in [5.41, 5.74) is 1.66. The number of amides is 1. The third-order valence-corrected chi connectivity index (χ3v) is 5.78. The van der Waals surface area contributed by atoms with E-state index in [0.717, 1.165) is 15.8 Å². The number of nitrogens with zero attached hydrogens (tertiary/aromatic N) is 3. The van der Waals surface area contributed by atoms with Gasteiger partial charge in [-0.3, -0.25) is 14.7 Å². The minimum Gasteiger partial charge on any atom is -0.486 e. The van der Waals surface area contributed by atoms with Gasteiger partial charge in [0.15, 0.2) is 23.2 Å². The Bertz CT molecular complexity index is 1150. The molecule has 2 aromatic carbocycles. The molecule has 1 amide bonds. The van der Waals surface area contributed by atoms with E-state index in [2.05, 4.69) is 4.98 Å². The molecule has 0 N–H and O–H groups in total. The minimum absolute atomic E-state index is 0.0943. The molecule has 7 nitrogen and oxygen atoms in total. The Hall–Kier alpha value is -3.65. The van der Waals surface area contributed by atoms with Crippen LogP contribution in [-0.2, 0) is 11.3 Å². The second-order valence-corrected chi connectivity index (χ2v) is 7.91. The number of ether oxygens (including phenoxy) is 3. The standard InChI is InChI=1S/C23H19N3O4S/c27-22(15-30-17-6-2-1-3-7-17)26(14-16-5-4-8-24-13-16)23-25-18-11-19-20(12-21(18)31-23)29-10-9-28-19/h1-8,11-13H,9-10,14-15H2. The maximum absolute atomic E-state index is 13.2. The van der Waals surface area contributed by atoms with Gasteiger partial charge in [0.2, 0.25) is 0 Å². The molecular formula is C23H19N3O4S. The van der Waals surface area contributed by atoms with Gasteiger partial charge in [-0.15, -0.1) is 0 Å². The molecule has 0 fully saturated rings. The van der Waals surface area contributed by atoms with E-state index in [-0.39, 0.29) is 12.5 Å². The summed E-state index contributed by atoms with van der Waals surface area (Å²) >= 11 is 1.43. The minimum atomic E-state index is -0.191. The highest BCUT2D eigenvalue weighted by molar-refractivity contribution is 7.22. The number of aromatic nitrogens is 2. The van der Waals surface area contributed by atoms with Crippen molar-refractivity contribution in [1.82, 2.24) is 9.97 Å². The van der Waals surface area contributed by atoms with Gasteiger partial charge in [-0.2, -0.15) is 0 Å². The average molecular weight is 433 g/mol. The van der Waals surface area contributed by atoms with E-state index in [1.165, 1.54) is 11.3 Å². The Kier molecular flexibility index (Phi) is 5.37. The highest BCUT2D eigenvalue weighted by Crippen LogP contribution is 2.39. The van der Waals surface area contributed by atoms with Gasteiger partial charge in [0, 0.05) is 24.5 Å². The van der Waals surface area contributed by atoms with E-state index in [1.54, 1.807) is 17.3 Å². The van der Waals surface area contributed by atoms with Crippen LogP contribution in [0.3, 0.4) is 0 Å². The molecule has 0 bridgehead atoms. The van der Waals surface area contributed by atoms with E-state index in [9.17, 15) is 4.79 Å². The number of para-hydroxylation sites is 1. The number of fused-ring (bicyclic) bond motifs is 2. The monoisotopic (exact) mass is 433 g/mol. The summed E-state index contributed by atoms with van der Waals surface area (Å²) in [4.78, 5) is 23.6. The van der Waals surface area contributed by atoms with Crippen molar-refractivity contribution in [2.45, 2.75) is 6.54 Å². The number of pyridine rings is 1. The van der Waals surface area contributed by atoms with Gasteiger partial charge < -0.3 is 14.2 Å². The zero-order valence-electron chi connectivity index (χ0n) is 16.6. The Balaban J connectivity index is 1.45.